The maximum Gasteiger partial charge on any atom is 0.383 e. The fraction of sp³-hybridized carbons (Fsp3) is 0.526. The number of rotatable bonds is 10. The Bertz CT molecular complexity index is 705. The zero-order valence-electron chi connectivity index (χ0n) is 14.2. The zero-order chi connectivity index (χ0) is 17.4. The molecule has 0 saturated heterocycles. The second-order valence-corrected chi connectivity index (χ2v) is 6.04. The molecule has 5 heteroatoms. The molecule has 2 N–H and O–H groups in total. The van der Waals surface area contributed by atoms with Crippen LogP contribution in [0, 0.1) is 0 Å². The van der Waals surface area contributed by atoms with Gasteiger partial charge in [0.1, 0.15) is 16.7 Å². The van der Waals surface area contributed by atoms with E-state index in [9.17, 15) is 15.0 Å². The fourth-order valence-electron chi connectivity index (χ4n) is 2.74. The van der Waals surface area contributed by atoms with E-state index >= 15 is 0 Å². The summed E-state index contributed by atoms with van der Waals surface area (Å²) in [7, 11) is 0. The van der Waals surface area contributed by atoms with Gasteiger partial charge in [-0.25, -0.2) is 4.79 Å². The van der Waals surface area contributed by atoms with Gasteiger partial charge in [-0.3, -0.25) is 0 Å². The van der Waals surface area contributed by atoms with E-state index in [1.54, 1.807) is 6.07 Å². The first-order chi connectivity index (χ1) is 11.6. The van der Waals surface area contributed by atoms with Crippen molar-refractivity contribution >= 4 is 11.0 Å². The van der Waals surface area contributed by atoms with Gasteiger partial charge in [0.05, 0.1) is 6.61 Å². The lowest BCUT2D eigenvalue weighted by molar-refractivity contribution is 0.275. The summed E-state index contributed by atoms with van der Waals surface area (Å²) in [4.78, 5) is 11.9. The van der Waals surface area contributed by atoms with Gasteiger partial charge in [0.25, 0.3) is 0 Å². The molecule has 0 saturated carbocycles. The van der Waals surface area contributed by atoms with Crippen LogP contribution in [0.25, 0.3) is 11.0 Å². The summed E-state index contributed by atoms with van der Waals surface area (Å²) in [6, 6.07) is 4.48. The van der Waals surface area contributed by atoms with Crippen molar-refractivity contribution in [2.75, 3.05) is 6.61 Å². The maximum absolute atomic E-state index is 11.9. The van der Waals surface area contributed by atoms with Crippen molar-refractivity contribution in [3.8, 4) is 17.2 Å². The van der Waals surface area contributed by atoms with Crippen LogP contribution >= 0.6 is 0 Å². The summed E-state index contributed by atoms with van der Waals surface area (Å²) in [6.07, 6.45) is 9.31. The Labute approximate surface area is 141 Å². The lowest BCUT2D eigenvalue weighted by atomic mass is 10.1. The van der Waals surface area contributed by atoms with Gasteiger partial charge >= 0.3 is 5.63 Å². The van der Waals surface area contributed by atoms with Gasteiger partial charge in [0.15, 0.2) is 5.75 Å². The largest absolute Gasteiger partial charge is 0.507 e. The summed E-state index contributed by atoms with van der Waals surface area (Å²) in [5, 5.41) is 20.1. The molecule has 2 rings (SSSR count). The average Bonchev–Trinajstić information content (AvgIpc) is 2.55. The first-order valence-corrected chi connectivity index (χ1v) is 8.75. The van der Waals surface area contributed by atoms with E-state index in [1.165, 1.54) is 44.2 Å². The number of hydrogen-bond acceptors (Lipinski definition) is 5. The molecule has 2 aromatic rings. The van der Waals surface area contributed by atoms with Gasteiger partial charge in [-0.2, -0.15) is 0 Å². The molecule has 0 aliphatic carbocycles. The highest BCUT2D eigenvalue weighted by Crippen LogP contribution is 2.36. The molecule has 5 nitrogen and oxygen atoms in total. The third-order valence-corrected chi connectivity index (χ3v) is 4.09. The first-order valence-electron chi connectivity index (χ1n) is 8.75. The van der Waals surface area contributed by atoms with Crippen LogP contribution in [0.4, 0.5) is 0 Å². The quantitative estimate of drug-likeness (QED) is 0.485. The third-order valence-electron chi connectivity index (χ3n) is 4.09. The topological polar surface area (TPSA) is 79.9 Å². The molecule has 132 valence electrons. The molecule has 0 radical (unpaired) electrons. The molecule has 0 atom stereocenters. The molecule has 1 aromatic carbocycles. The number of fused-ring (bicyclic) bond motifs is 1. The van der Waals surface area contributed by atoms with Crippen LogP contribution in [0.1, 0.15) is 58.3 Å². The standard InChI is InChI=1S/C19H26O5/c1-2-3-4-5-6-7-8-9-13-23-18-17(21)16-14(20)11-10-12-15(16)24-19(18)22/h10-12,20-21H,2-9,13H2,1H3. The van der Waals surface area contributed by atoms with Crippen LogP contribution in [-0.4, -0.2) is 16.8 Å². The zero-order valence-corrected chi connectivity index (χ0v) is 14.2. The molecule has 1 heterocycles. The molecular weight excluding hydrogens is 308 g/mol. The van der Waals surface area contributed by atoms with Crippen molar-refractivity contribution in [2.24, 2.45) is 0 Å². The lowest BCUT2D eigenvalue weighted by Gasteiger charge is -2.09. The Morgan fingerprint density at radius 2 is 1.67 bits per heavy atom. The molecular formula is C19H26O5. The van der Waals surface area contributed by atoms with Gasteiger partial charge in [-0.15, -0.1) is 0 Å². The minimum absolute atomic E-state index is 0.100. The number of hydrogen-bond donors (Lipinski definition) is 2. The van der Waals surface area contributed by atoms with E-state index < -0.39 is 5.63 Å². The summed E-state index contributed by atoms with van der Waals surface area (Å²) in [6.45, 7) is 2.54. The van der Waals surface area contributed by atoms with Crippen LogP contribution in [0.15, 0.2) is 27.4 Å². The van der Waals surface area contributed by atoms with Crippen molar-refractivity contribution in [1.29, 1.82) is 0 Å². The highest BCUT2D eigenvalue weighted by Gasteiger charge is 2.17. The smallest absolute Gasteiger partial charge is 0.383 e. The van der Waals surface area contributed by atoms with Crippen LogP contribution in [0.3, 0.4) is 0 Å². The predicted molar refractivity (Wildman–Crippen MR) is 93.9 cm³/mol. The monoisotopic (exact) mass is 334 g/mol. The number of benzene rings is 1. The minimum atomic E-state index is -0.731. The molecule has 0 bridgehead atoms. The minimum Gasteiger partial charge on any atom is -0.507 e. The SMILES string of the molecule is CCCCCCCCCCOc1c(O)c2c(O)cccc2oc1=O. The van der Waals surface area contributed by atoms with Crippen LogP contribution < -0.4 is 10.4 Å². The van der Waals surface area contributed by atoms with E-state index in [0.717, 1.165) is 19.3 Å². The van der Waals surface area contributed by atoms with E-state index in [-0.39, 0.29) is 28.2 Å². The summed E-state index contributed by atoms with van der Waals surface area (Å²) < 4.78 is 10.5. The van der Waals surface area contributed by atoms with E-state index in [4.69, 9.17) is 9.15 Å². The summed E-state index contributed by atoms with van der Waals surface area (Å²) in [5.74, 6) is -0.739. The normalized spacial score (nSPS) is 11.0. The molecule has 0 aliphatic heterocycles. The number of ether oxygens (including phenoxy) is 1. The van der Waals surface area contributed by atoms with Gasteiger partial charge in [0.2, 0.25) is 5.75 Å². The van der Waals surface area contributed by atoms with E-state index in [1.807, 2.05) is 0 Å². The van der Waals surface area contributed by atoms with Gasteiger partial charge in [-0.05, 0) is 18.6 Å². The maximum atomic E-state index is 11.9. The van der Waals surface area contributed by atoms with Crippen LogP contribution in [0.2, 0.25) is 0 Å². The summed E-state index contributed by atoms with van der Waals surface area (Å²) >= 11 is 0. The molecule has 1 aromatic heterocycles. The summed E-state index contributed by atoms with van der Waals surface area (Å²) in [5.41, 5.74) is -0.595. The van der Waals surface area contributed by atoms with Crippen molar-refractivity contribution in [2.45, 2.75) is 58.3 Å². The second-order valence-electron chi connectivity index (χ2n) is 6.04. The fourth-order valence-corrected chi connectivity index (χ4v) is 2.74. The van der Waals surface area contributed by atoms with Crippen LogP contribution in [-0.2, 0) is 0 Å². The van der Waals surface area contributed by atoms with E-state index in [0.29, 0.717) is 6.61 Å². The van der Waals surface area contributed by atoms with Crippen molar-refractivity contribution < 1.29 is 19.4 Å². The van der Waals surface area contributed by atoms with Crippen molar-refractivity contribution in [3.63, 3.8) is 0 Å². The average molecular weight is 334 g/mol. The van der Waals surface area contributed by atoms with Crippen molar-refractivity contribution in [3.05, 3.63) is 28.6 Å². The Hall–Kier alpha value is -2.17. The molecule has 0 spiro atoms. The Morgan fingerprint density at radius 1 is 1.00 bits per heavy atom. The molecule has 0 unspecified atom stereocenters. The Morgan fingerprint density at radius 3 is 2.38 bits per heavy atom. The molecule has 0 aliphatic rings. The number of phenols is 1. The lowest BCUT2D eigenvalue weighted by Crippen LogP contribution is -2.08. The Kier molecular flexibility index (Phi) is 6.97. The van der Waals surface area contributed by atoms with Gasteiger partial charge < -0.3 is 19.4 Å². The van der Waals surface area contributed by atoms with E-state index in [2.05, 4.69) is 6.92 Å². The van der Waals surface area contributed by atoms with Crippen molar-refractivity contribution in [1.82, 2.24) is 0 Å². The van der Waals surface area contributed by atoms with Crippen LogP contribution in [0.5, 0.6) is 17.2 Å². The second kappa shape index (κ2) is 9.21. The number of unbranched alkanes of at least 4 members (excludes halogenated alkanes) is 7. The molecule has 0 fully saturated rings. The van der Waals surface area contributed by atoms with Gasteiger partial charge in [-0.1, -0.05) is 57.9 Å². The predicted octanol–water partition coefficient (Wildman–Crippen LogP) is 4.72. The highest BCUT2D eigenvalue weighted by molar-refractivity contribution is 5.90. The Balaban J connectivity index is 1.85. The third kappa shape index (κ3) is 4.66. The number of phenolic OH excluding ortho intramolecular Hbond substituents is 1. The number of aromatic hydroxyl groups is 2. The highest BCUT2D eigenvalue weighted by atomic mass is 16.5. The molecule has 0 amide bonds. The first kappa shape index (κ1) is 18.2. The molecule has 24 heavy (non-hydrogen) atoms. The van der Waals surface area contributed by atoms with Gasteiger partial charge in [0, 0.05) is 0 Å².